The first-order valence-electron chi connectivity index (χ1n) is 10.2. The number of rotatable bonds is 12. The number of aliphatic hydroxyl groups excluding tert-OH is 1. The van der Waals surface area contributed by atoms with E-state index in [0.717, 1.165) is 0 Å². The molecule has 12 heteroatoms. The fraction of sp³-hybridized carbons (Fsp3) is 0.737. The van der Waals surface area contributed by atoms with E-state index in [-0.39, 0.29) is 25.3 Å². The maximum Gasteiger partial charge on any atom is 0.326 e. The van der Waals surface area contributed by atoms with Crippen molar-refractivity contribution in [2.24, 2.45) is 11.7 Å². The van der Waals surface area contributed by atoms with E-state index in [9.17, 15) is 29.1 Å². The van der Waals surface area contributed by atoms with E-state index < -0.39 is 66.9 Å². The molecule has 1 aliphatic heterocycles. The number of carbonyl (C=O) groups is 5. The van der Waals surface area contributed by atoms with Crippen LogP contribution in [0.1, 0.15) is 46.0 Å². The summed E-state index contributed by atoms with van der Waals surface area (Å²) in [6.45, 7) is 3.24. The average Bonchev–Trinajstić information content (AvgIpc) is 3.18. The highest BCUT2D eigenvalue weighted by molar-refractivity contribution is 5.94. The zero-order valence-corrected chi connectivity index (χ0v) is 17.7. The third-order valence-corrected chi connectivity index (χ3v) is 4.95. The van der Waals surface area contributed by atoms with Crippen LogP contribution in [0.3, 0.4) is 0 Å². The molecular weight excluding hydrogens is 412 g/mol. The van der Waals surface area contributed by atoms with Gasteiger partial charge in [-0.2, -0.15) is 0 Å². The molecular formula is C19H32N4O8. The van der Waals surface area contributed by atoms with Crippen molar-refractivity contribution in [1.82, 2.24) is 15.5 Å². The molecule has 12 nitrogen and oxygen atoms in total. The summed E-state index contributed by atoms with van der Waals surface area (Å²) in [7, 11) is 0. The van der Waals surface area contributed by atoms with Gasteiger partial charge in [0.2, 0.25) is 17.7 Å². The zero-order chi connectivity index (χ0) is 23.7. The van der Waals surface area contributed by atoms with Crippen LogP contribution in [0.15, 0.2) is 0 Å². The number of carboxylic acid groups (broad SMARTS) is 2. The van der Waals surface area contributed by atoms with Gasteiger partial charge >= 0.3 is 11.9 Å². The van der Waals surface area contributed by atoms with Gasteiger partial charge in [0.1, 0.15) is 24.2 Å². The fourth-order valence-electron chi connectivity index (χ4n) is 3.36. The highest BCUT2D eigenvalue weighted by Crippen LogP contribution is 2.19. The summed E-state index contributed by atoms with van der Waals surface area (Å²) in [5.41, 5.74) is 5.55. The Balaban J connectivity index is 2.93. The number of carboxylic acids is 2. The Hall–Kier alpha value is -2.73. The first-order chi connectivity index (χ1) is 14.5. The predicted octanol–water partition coefficient (Wildman–Crippen LogP) is -1.74. The lowest BCUT2D eigenvalue weighted by molar-refractivity contribution is -0.144. The van der Waals surface area contributed by atoms with Crippen molar-refractivity contribution < 1.29 is 39.3 Å². The number of nitrogens with two attached hydrogens (primary N) is 1. The number of amides is 3. The molecule has 0 aromatic rings. The van der Waals surface area contributed by atoms with Gasteiger partial charge in [-0.3, -0.25) is 19.2 Å². The number of aliphatic carboxylic acids is 2. The monoisotopic (exact) mass is 444 g/mol. The number of nitrogens with one attached hydrogen (secondary N) is 2. The van der Waals surface area contributed by atoms with Crippen LogP contribution in [0.5, 0.6) is 0 Å². The van der Waals surface area contributed by atoms with E-state index in [1.807, 2.05) is 0 Å². The molecule has 0 aromatic heterocycles. The Kier molecular flexibility index (Phi) is 10.4. The number of nitrogens with zero attached hydrogens (tertiary/aromatic N) is 1. The van der Waals surface area contributed by atoms with Gasteiger partial charge in [-0.25, -0.2) is 4.79 Å². The lowest BCUT2D eigenvalue weighted by atomic mass is 10.0. The van der Waals surface area contributed by atoms with E-state index in [2.05, 4.69) is 10.6 Å². The molecule has 0 bridgehead atoms. The first kappa shape index (κ1) is 26.3. The molecule has 0 saturated carbocycles. The third kappa shape index (κ3) is 8.13. The van der Waals surface area contributed by atoms with Gasteiger partial charge in [-0.05, 0) is 31.6 Å². The molecule has 7 N–H and O–H groups in total. The number of hydrogen-bond donors (Lipinski definition) is 6. The molecule has 3 amide bonds. The van der Waals surface area contributed by atoms with Crippen LogP contribution in [-0.4, -0.2) is 87.2 Å². The summed E-state index contributed by atoms with van der Waals surface area (Å²) < 4.78 is 0. The largest absolute Gasteiger partial charge is 0.481 e. The molecule has 1 saturated heterocycles. The molecule has 31 heavy (non-hydrogen) atoms. The smallest absolute Gasteiger partial charge is 0.326 e. The normalized spacial score (nSPS) is 18.9. The van der Waals surface area contributed by atoms with Crippen LogP contribution in [0.25, 0.3) is 0 Å². The quantitative estimate of drug-likeness (QED) is 0.202. The summed E-state index contributed by atoms with van der Waals surface area (Å²) in [6.07, 6.45) is 0.308. The Bertz CT molecular complexity index is 684. The van der Waals surface area contributed by atoms with Gasteiger partial charge in [-0.15, -0.1) is 0 Å². The molecule has 0 radical (unpaired) electrons. The van der Waals surface area contributed by atoms with E-state index in [4.69, 9.17) is 15.9 Å². The second-order valence-electron chi connectivity index (χ2n) is 8.00. The van der Waals surface area contributed by atoms with Gasteiger partial charge in [-0.1, -0.05) is 13.8 Å². The van der Waals surface area contributed by atoms with Crippen molar-refractivity contribution in [1.29, 1.82) is 0 Å². The van der Waals surface area contributed by atoms with Crippen molar-refractivity contribution in [3.63, 3.8) is 0 Å². The molecule has 1 fully saturated rings. The Morgan fingerprint density at radius 1 is 1.10 bits per heavy atom. The summed E-state index contributed by atoms with van der Waals surface area (Å²) in [5.74, 6) is -4.54. The summed E-state index contributed by atoms with van der Waals surface area (Å²) in [4.78, 5) is 61.3. The van der Waals surface area contributed by atoms with Gasteiger partial charge in [0.05, 0.1) is 6.61 Å². The summed E-state index contributed by atoms with van der Waals surface area (Å²) in [6, 6.07) is -4.58. The lowest BCUT2D eigenvalue weighted by Gasteiger charge is -2.28. The highest BCUT2D eigenvalue weighted by atomic mass is 16.4. The van der Waals surface area contributed by atoms with Crippen molar-refractivity contribution in [3.8, 4) is 0 Å². The molecule has 1 rings (SSSR count). The maximum absolute atomic E-state index is 12.8. The summed E-state index contributed by atoms with van der Waals surface area (Å²) in [5, 5.41) is 32.2. The fourth-order valence-corrected chi connectivity index (χ4v) is 3.36. The molecule has 0 aromatic carbocycles. The second-order valence-corrected chi connectivity index (χ2v) is 8.00. The predicted molar refractivity (Wildman–Crippen MR) is 108 cm³/mol. The Labute approximate surface area is 180 Å². The van der Waals surface area contributed by atoms with Crippen LogP contribution in [0.2, 0.25) is 0 Å². The lowest BCUT2D eigenvalue weighted by Crippen LogP contribution is -2.57. The minimum absolute atomic E-state index is 0.0257. The Morgan fingerprint density at radius 3 is 2.26 bits per heavy atom. The van der Waals surface area contributed by atoms with Crippen LogP contribution < -0.4 is 16.4 Å². The van der Waals surface area contributed by atoms with Crippen molar-refractivity contribution in [2.75, 3.05) is 13.2 Å². The standard InChI is InChI=1S/C19H32N4O8/c1-10(2)8-13(19(30)31)22-16(27)12(5-6-15(25)26)21-17(28)14-4-3-7-23(14)18(29)11(20)9-24/h10-14,24H,3-9,20H2,1-2H3,(H,21,28)(H,22,27)(H,25,26)(H,30,31). The maximum atomic E-state index is 12.8. The molecule has 4 unspecified atom stereocenters. The van der Waals surface area contributed by atoms with Gasteiger partial charge in [0.15, 0.2) is 0 Å². The van der Waals surface area contributed by atoms with Crippen molar-refractivity contribution in [2.45, 2.75) is 70.1 Å². The number of aliphatic hydroxyl groups is 1. The van der Waals surface area contributed by atoms with E-state index >= 15 is 0 Å². The van der Waals surface area contributed by atoms with Gasteiger partial charge < -0.3 is 36.6 Å². The minimum atomic E-state index is -1.29. The van der Waals surface area contributed by atoms with Crippen LogP contribution in [-0.2, 0) is 24.0 Å². The Morgan fingerprint density at radius 2 is 1.74 bits per heavy atom. The van der Waals surface area contributed by atoms with Crippen LogP contribution in [0, 0.1) is 5.92 Å². The number of carbonyl (C=O) groups excluding carboxylic acids is 3. The average molecular weight is 444 g/mol. The molecule has 0 spiro atoms. The SMILES string of the molecule is CC(C)CC(NC(=O)C(CCC(=O)O)NC(=O)C1CCCN1C(=O)C(N)CO)C(=O)O. The first-order valence-corrected chi connectivity index (χ1v) is 10.2. The minimum Gasteiger partial charge on any atom is -0.481 e. The van der Waals surface area contributed by atoms with Gasteiger partial charge in [0.25, 0.3) is 0 Å². The van der Waals surface area contributed by atoms with E-state index in [0.29, 0.717) is 12.8 Å². The molecule has 1 aliphatic rings. The topological polar surface area (TPSA) is 199 Å². The van der Waals surface area contributed by atoms with E-state index in [1.165, 1.54) is 4.90 Å². The van der Waals surface area contributed by atoms with Crippen molar-refractivity contribution in [3.05, 3.63) is 0 Å². The highest BCUT2D eigenvalue weighted by Gasteiger charge is 2.37. The third-order valence-electron chi connectivity index (χ3n) is 4.95. The zero-order valence-electron chi connectivity index (χ0n) is 17.7. The number of likely N-dealkylation sites (tertiary alicyclic amines) is 1. The number of hydrogen-bond acceptors (Lipinski definition) is 7. The second kappa shape index (κ2) is 12.2. The summed E-state index contributed by atoms with van der Waals surface area (Å²) >= 11 is 0. The van der Waals surface area contributed by atoms with E-state index in [1.54, 1.807) is 13.8 Å². The van der Waals surface area contributed by atoms with Crippen LogP contribution >= 0.6 is 0 Å². The molecule has 4 atom stereocenters. The molecule has 176 valence electrons. The van der Waals surface area contributed by atoms with Crippen LogP contribution in [0.4, 0.5) is 0 Å². The molecule has 0 aliphatic carbocycles. The molecule has 1 heterocycles. The van der Waals surface area contributed by atoms with Gasteiger partial charge in [0, 0.05) is 13.0 Å². The van der Waals surface area contributed by atoms with Crippen molar-refractivity contribution >= 4 is 29.7 Å².